The molecule has 18 heavy (non-hydrogen) atoms. The maximum absolute atomic E-state index is 4.56. The van der Waals surface area contributed by atoms with Gasteiger partial charge in [0.25, 0.3) is 0 Å². The molecule has 0 aliphatic carbocycles. The second-order valence-corrected chi connectivity index (χ2v) is 7.44. The first kappa shape index (κ1) is 14.5. The van der Waals surface area contributed by atoms with Crippen LogP contribution in [0.25, 0.3) is 0 Å². The van der Waals surface area contributed by atoms with Crippen LogP contribution in [-0.4, -0.2) is 17.1 Å². The van der Waals surface area contributed by atoms with E-state index in [2.05, 4.69) is 62.1 Å². The Morgan fingerprint density at radius 2 is 2.22 bits per heavy atom. The second kappa shape index (κ2) is 6.02. The SMILES string of the molecule is CC(C)CC1(Cc2ncc(Br)cc2Br)CCCN1. The van der Waals surface area contributed by atoms with Gasteiger partial charge >= 0.3 is 0 Å². The molecular formula is C14H20Br2N2. The van der Waals surface area contributed by atoms with Crippen LogP contribution in [0.4, 0.5) is 0 Å². The molecule has 1 aromatic rings. The first-order valence-corrected chi connectivity index (χ1v) is 8.14. The van der Waals surface area contributed by atoms with Gasteiger partial charge in [-0.25, -0.2) is 0 Å². The van der Waals surface area contributed by atoms with E-state index in [1.54, 1.807) is 0 Å². The van der Waals surface area contributed by atoms with Gasteiger partial charge in [-0.15, -0.1) is 0 Å². The molecule has 0 amide bonds. The summed E-state index contributed by atoms with van der Waals surface area (Å²) in [5.74, 6) is 0.713. The molecule has 1 aliphatic heterocycles. The minimum atomic E-state index is 0.248. The Morgan fingerprint density at radius 3 is 2.78 bits per heavy atom. The zero-order valence-electron chi connectivity index (χ0n) is 11.0. The van der Waals surface area contributed by atoms with Crippen LogP contribution in [-0.2, 0) is 6.42 Å². The topological polar surface area (TPSA) is 24.9 Å². The first-order valence-electron chi connectivity index (χ1n) is 6.56. The van der Waals surface area contributed by atoms with Gasteiger partial charge in [0, 0.05) is 27.1 Å². The number of aromatic nitrogens is 1. The van der Waals surface area contributed by atoms with E-state index in [4.69, 9.17) is 0 Å². The van der Waals surface area contributed by atoms with E-state index in [-0.39, 0.29) is 5.54 Å². The molecule has 1 saturated heterocycles. The summed E-state index contributed by atoms with van der Waals surface area (Å²) in [7, 11) is 0. The van der Waals surface area contributed by atoms with Gasteiger partial charge in [0.05, 0.1) is 5.69 Å². The summed E-state index contributed by atoms with van der Waals surface area (Å²) < 4.78 is 2.13. The molecule has 0 saturated carbocycles. The van der Waals surface area contributed by atoms with Gasteiger partial charge in [0.15, 0.2) is 0 Å². The number of nitrogens with zero attached hydrogens (tertiary/aromatic N) is 1. The Balaban J connectivity index is 2.18. The largest absolute Gasteiger partial charge is 0.311 e. The number of halogens is 2. The number of rotatable bonds is 4. The lowest BCUT2D eigenvalue weighted by atomic mass is 9.83. The fourth-order valence-corrected chi connectivity index (χ4v) is 4.07. The van der Waals surface area contributed by atoms with E-state index in [1.807, 2.05) is 6.20 Å². The molecule has 2 heterocycles. The summed E-state index contributed by atoms with van der Waals surface area (Å²) in [4.78, 5) is 4.56. The lowest BCUT2D eigenvalue weighted by Gasteiger charge is -2.31. The highest BCUT2D eigenvalue weighted by Gasteiger charge is 2.34. The highest BCUT2D eigenvalue weighted by Crippen LogP contribution is 2.32. The highest BCUT2D eigenvalue weighted by molar-refractivity contribution is 9.11. The molecule has 0 spiro atoms. The summed E-state index contributed by atoms with van der Waals surface area (Å²) in [5, 5.41) is 3.72. The van der Waals surface area contributed by atoms with Gasteiger partial charge in [0.1, 0.15) is 0 Å². The van der Waals surface area contributed by atoms with Crippen molar-refractivity contribution >= 4 is 31.9 Å². The van der Waals surface area contributed by atoms with Crippen molar-refractivity contribution < 1.29 is 0 Å². The highest BCUT2D eigenvalue weighted by atomic mass is 79.9. The van der Waals surface area contributed by atoms with E-state index in [0.717, 1.165) is 27.6 Å². The Hall–Kier alpha value is 0.0700. The van der Waals surface area contributed by atoms with Gasteiger partial charge in [-0.2, -0.15) is 0 Å². The number of hydrogen-bond donors (Lipinski definition) is 1. The van der Waals surface area contributed by atoms with Crippen molar-refractivity contribution in [3.05, 3.63) is 26.9 Å². The summed E-state index contributed by atoms with van der Waals surface area (Å²) >= 11 is 7.08. The number of nitrogens with one attached hydrogen (secondary N) is 1. The summed E-state index contributed by atoms with van der Waals surface area (Å²) in [6, 6.07) is 2.08. The van der Waals surface area contributed by atoms with Gasteiger partial charge in [0.2, 0.25) is 0 Å². The van der Waals surface area contributed by atoms with Crippen LogP contribution < -0.4 is 5.32 Å². The van der Waals surface area contributed by atoms with Gasteiger partial charge in [-0.05, 0) is 69.7 Å². The molecule has 1 unspecified atom stereocenters. The molecule has 0 aromatic carbocycles. The molecule has 1 aromatic heterocycles. The predicted octanol–water partition coefficient (Wildman–Crippen LogP) is 4.32. The van der Waals surface area contributed by atoms with Crippen LogP contribution in [0.5, 0.6) is 0 Å². The van der Waals surface area contributed by atoms with Crippen molar-refractivity contribution in [2.24, 2.45) is 5.92 Å². The quantitative estimate of drug-likeness (QED) is 0.847. The maximum Gasteiger partial charge on any atom is 0.0564 e. The lowest BCUT2D eigenvalue weighted by molar-refractivity contribution is 0.299. The lowest BCUT2D eigenvalue weighted by Crippen LogP contribution is -2.43. The van der Waals surface area contributed by atoms with Crippen LogP contribution >= 0.6 is 31.9 Å². The first-order chi connectivity index (χ1) is 8.51. The van der Waals surface area contributed by atoms with Crippen LogP contribution in [0, 0.1) is 5.92 Å². The van der Waals surface area contributed by atoms with E-state index in [9.17, 15) is 0 Å². The molecule has 1 fully saturated rings. The third-order valence-electron chi connectivity index (χ3n) is 3.52. The van der Waals surface area contributed by atoms with Crippen molar-refractivity contribution in [3.8, 4) is 0 Å². The zero-order valence-corrected chi connectivity index (χ0v) is 14.1. The molecule has 1 atom stereocenters. The van der Waals surface area contributed by atoms with Crippen molar-refractivity contribution in [1.29, 1.82) is 0 Å². The Bertz CT molecular complexity index is 412. The molecule has 0 radical (unpaired) electrons. The minimum absolute atomic E-state index is 0.248. The minimum Gasteiger partial charge on any atom is -0.311 e. The van der Waals surface area contributed by atoms with Crippen LogP contribution in [0.2, 0.25) is 0 Å². The molecule has 1 N–H and O–H groups in total. The van der Waals surface area contributed by atoms with Crippen molar-refractivity contribution in [2.75, 3.05) is 6.54 Å². The fraction of sp³-hybridized carbons (Fsp3) is 0.643. The smallest absolute Gasteiger partial charge is 0.0564 e. The average molecular weight is 376 g/mol. The summed E-state index contributed by atoms with van der Waals surface area (Å²) in [6.45, 7) is 5.73. The molecule has 100 valence electrons. The van der Waals surface area contributed by atoms with Crippen LogP contribution in [0.3, 0.4) is 0 Å². The number of hydrogen-bond acceptors (Lipinski definition) is 2. The van der Waals surface area contributed by atoms with E-state index in [1.165, 1.54) is 19.3 Å². The number of pyridine rings is 1. The molecule has 1 aliphatic rings. The van der Waals surface area contributed by atoms with Crippen molar-refractivity contribution in [2.45, 2.75) is 45.1 Å². The van der Waals surface area contributed by atoms with Crippen molar-refractivity contribution in [3.63, 3.8) is 0 Å². The van der Waals surface area contributed by atoms with E-state index < -0.39 is 0 Å². The van der Waals surface area contributed by atoms with E-state index >= 15 is 0 Å². The molecular weight excluding hydrogens is 356 g/mol. The van der Waals surface area contributed by atoms with Crippen LogP contribution in [0.1, 0.15) is 38.8 Å². The molecule has 2 nitrogen and oxygen atoms in total. The van der Waals surface area contributed by atoms with E-state index in [0.29, 0.717) is 5.92 Å². The Labute approximate surface area is 126 Å². The zero-order chi connectivity index (χ0) is 13.2. The maximum atomic E-state index is 4.56. The standard InChI is InChI=1S/C14H20Br2N2/c1-10(2)7-14(4-3-5-18-14)8-13-12(16)6-11(15)9-17-13/h6,9-10,18H,3-5,7-8H2,1-2H3. The monoisotopic (exact) mass is 374 g/mol. The molecule has 0 bridgehead atoms. The van der Waals surface area contributed by atoms with Gasteiger partial charge < -0.3 is 5.32 Å². The van der Waals surface area contributed by atoms with Crippen molar-refractivity contribution in [1.82, 2.24) is 10.3 Å². The second-order valence-electron chi connectivity index (χ2n) is 5.67. The summed E-state index contributed by atoms with van der Waals surface area (Å²) in [5.41, 5.74) is 1.41. The third-order valence-corrected chi connectivity index (χ3v) is 4.64. The Kier molecular flexibility index (Phi) is 4.84. The summed E-state index contributed by atoms with van der Waals surface area (Å²) in [6.07, 6.45) is 6.66. The van der Waals surface area contributed by atoms with Gasteiger partial charge in [-0.3, -0.25) is 4.98 Å². The third kappa shape index (κ3) is 3.55. The normalized spacial score (nSPS) is 23.8. The Morgan fingerprint density at radius 1 is 1.44 bits per heavy atom. The van der Waals surface area contributed by atoms with Gasteiger partial charge in [-0.1, -0.05) is 13.8 Å². The average Bonchev–Trinajstić information content (AvgIpc) is 2.70. The fourth-order valence-electron chi connectivity index (χ4n) is 2.94. The molecule has 2 rings (SSSR count). The van der Waals surface area contributed by atoms with Crippen LogP contribution in [0.15, 0.2) is 21.2 Å². The predicted molar refractivity (Wildman–Crippen MR) is 82.8 cm³/mol. The molecule has 4 heteroatoms.